The Hall–Kier alpha value is -0.170. The molecule has 1 aliphatic heterocycles. The summed E-state index contributed by atoms with van der Waals surface area (Å²) in [5.41, 5.74) is 0. The van der Waals surface area contributed by atoms with Crippen molar-refractivity contribution in [2.75, 3.05) is 25.5 Å². The molecule has 108 valence electrons. The minimum absolute atomic E-state index is 0.0301. The van der Waals surface area contributed by atoms with E-state index in [0.29, 0.717) is 19.1 Å². The molecule has 1 heterocycles. The fourth-order valence-electron chi connectivity index (χ4n) is 1.95. The van der Waals surface area contributed by atoms with Gasteiger partial charge in [-0.1, -0.05) is 13.8 Å². The monoisotopic (exact) mass is 278 g/mol. The lowest BCUT2D eigenvalue weighted by molar-refractivity contribution is 0.0774. The van der Waals surface area contributed by atoms with Gasteiger partial charge in [0.2, 0.25) is 10.0 Å². The van der Waals surface area contributed by atoms with Crippen molar-refractivity contribution in [3.05, 3.63) is 0 Å². The zero-order valence-electron chi connectivity index (χ0n) is 11.4. The molecule has 1 unspecified atom stereocenters. The number of nitrogens with one attached hydrogen (secondary N) is 2. The zero-order chi connectivity index (χ0) is 13.4. The molecule has 0 bridgehead atoms. The maximum absolute atomic E-state index is 11.8. The van der Waals surface area contributed by atoms with Crippen molar-refractivity contribution < 1.29 is 13.2 Å². The van der Waals surface area contributed by atoms with Crippen LogP contribution in [0.4, 0.5) is 0 Å². The topological polar surface area (TPSA) is 67.4 Å². The predicted molar refractivity (Wildman–Crippen MR) is 73.1 cm³/mol. The first kappa shape index (κ1) is 15.9. The molecule has 0 radical (unpaired) electrons. The molecule has 1 aliphatic rings. The first-order valence-electron chi connectivity index (χ1n) is 6.81. The van der Waals surface area contributed by atoms with Gasteiger partial charge in [0.05, 0.1) is 12.4 Å². The van der Waals surface area contributed by atoms with Gasteiger partial charge < -0.3 is 10.1 Å². The van der Waals surface area contributed by atoms with E-state index in [2.05, 4.69) is 23.9 Å². The second-order valence-corrected chi connectivity index (χ2v) is 7.04. The van der Waals surface area contributed by atoms with Gasteiger partial charge in [-0.3, -0.25) is 0 Å². The van der Waals surface area contributed by atoms with E-state index in [1.54, 1.807) is 0 Å². The molecule has 0 amide bonds. The SMILES string of the molecule is CC(C)NCCCCS(=O)(=O)NC1CCCOC1. The van der Waals surface area contributed by atoms with Crippen LogP contribution in [0.3, 0.4) is 0 Å². The van der Waals surface area contributed by atoms with Crippen LogP contribution in [0, 0.1) is 0 Å². The molecule has 0 aromatic rings. The fourth-order valence-corrected chi connectivity index (χ4v) is 3.35. The summed E-state index contributed by atoms with van der Waals surface area (Å²) in [7, 11) is -3.14. The smallest absolute Gasteiger partial charge is 0.211 e. The van der Waals surface area contributed by atoms with E-state index in [1.807, 2.05) is 0 Å². The number of rotatable bonds is 8. The highest BCUT2D eigenvalue weighted by molar-refractivity contribution is 7.89. The van der Waals surface area contributed by atoms with E-state index >= 15 is 0 Å². The van der Waals surface area contributed by atoms with E-state index in [0.717, 1.165) is 32.4 Å². The summed E-state index contributed by atoms with van der Waals surface area (Å²) in [5.74, 6) is 0.212. The van der Waals surface area contributed by atoms with Crippen molar-refractivity contribution in [2.24, 2.45) is 0 Å². The van der Waals surface area contributed by atoms with E-state index in [4.69, 9.17) is 4.74 Å². The minimum atomic E-state index is -3.14. The molecule has 1 rings (SSSR count). The highest BCUT2D eigenvalue weighted by atomic mass is 32.2. The lowest BCUT2D eigenvalue weighted by Crippen LogP contribution is -2.41. The molecule has 0 aromatic carbocycles. The molecule has 2 N–H and O–H groups in total. The molecule has 0 aliphatic carbocycles. The summed E-state index contributed by atoms with van der Waals surface area (Å²) in [6.07, 6.45) is 3.41. The highest BCUT2D eigenvalue weighted by Gasteiger charge is 2.19. The van der Waals surface area contributed by atoms with Crippen LogP contribution < -0.4 is 10.0 Å². The molecule has 5 nitrogen and oxygen atoms in total. The number of hydrogen-bond acceptors (Lipinski definition) is 4. The second-order valence-electron chi connectivity index (χ2n) is 5.17. The maximum Gasteiger partial charge on any atom is 0.211 e. The van der Waals surface area contributed by atoms with Gasteiger partial charge in [-0.05, 0) is 32.2 Å². The Morgan fingerprint density at radius 2 is 2.11 bits per heavy atom. The van der Waals surface area contributed by atoms with Crippen LogP contribution >= 0.6 is 0 Å². The summed E-state index contributed by atoms with van der Waals surface area (Å²) >= 11 is 0. The van der Waals surface area contributed by atoms with Gasteiger partial charge in [0.25, 0.3) is 0 Å². The van der Waals surface area contributed by atoms with E-state index < -0.39 is 10.0 Å². The van der Waals surface area contributed by atoms with Gasteiger partial charge in [0.15, 0.2) is 0 Å². The molecule has 1 saturated heterocycles. The Morgan fingerprint density at radius 3 is 2.72 bits per heavy atom. The Bertz CT molecular complexity index is 311. The van der Waals surface area contributed by atoms with Crippen LogP contribution in [0.25, 0.3) is 0 Å². The van der Waals surface area contributed by atoms with Crippen molar-refractivity contribution in [3.63, 3.8) is 0 Å². The van der Waals surface area contributed by atoms with Crippen LogP contribution in [0.15, 0.2) is 0 Å². The highest BCUT2D eigenvalue weighted by Crippen LogP contribution is 2.07. The summed E-state index contributed by atoms with van der Waals surface area (Å²) in [5, 5.41) is 3.28. The third kappa shape index (κ3) is 7.31. The first-order chi connectivity index (χ1) is 8.49. The van der Waals surface area contributed by atoms with Crippen LogP contribution in [0.1, 0.15) is 39.5 Å². The average Bonchev–Trinajstić information content (AvgIpc) is 2.28. The summed E-state index contributed by atoms with van der Waals surface area (Å²) < 4.78 is 31.6. The van der Waals surface area contributed by atoms with E-state index in [9.17, 15) is 8.42 Å². The third-order valence-corrected chi connectivity index (χ3v) is 4.42. The summed E-state index contributed by atoms with van der Waals surface area (Å²) in [6.45, 7) is 6.30. The summed E-state index contributed by atoms with van der Waals surface area (Å²) in [6, 6.07) is 0.427. The molecule has 18 heavy (non-hydrogen) atoms. The van der Waals surface area contributed by atoms with Gasteiger partial charge in [-0.15, -0.1) is 0 Å². The largest absolute Gasteiger partial charge is 0.380 e. The van der Waals surface area contributed by atoms with Gasteiger partial charge in [-0.2, -0.15) is 0 Å². The summed E-state index contributed by atoms with van der Waals surface area (Å²) in [4.78, 5) is 0. The Kier molecular flexibility index (Phi) is 7.14. The van der Waals surface area contributed by atoms with E-state index in [1.165, 1.54) is 0 Å². The Balaban J connectivity index is 2.14. The first-order valence-corrected chi connectivity index (χ1v) is 8.46. The third-order valence-electron chi connectivity index (χ3n) is 2.90. The standard InChI is InChI=1S/C12H26N2O3S/c1-11(2)13-7-3-4-9-18(15,16)14-12-6-5-8-17-10-12/h11-14H,3-10H2,1-2H3. The van der Waals surface area contributed by atoms with Gasteiger partial charge in [0, 0.05) is 18.7 Å². The van der Waals surface area contributed by atoms with Gasteiger partial charge in [0.1, 0.15) is 0 Å². The Morgan fingerprint density at radius 1 is 1.33 bits per heavy atom. The predicted octanol–water partition coefficient (Wildman–Crippen LogP) is 0.863. The molecule has 0 aromatic heterocycles. The van der Waals surface area contributed by atoms with Crippen LogP contribution in [0.5, 0.6) is 0 Å². The second kappa shape index (κ2) is 8.09. The zero-order valence-corrected chi connectivity index (χ0v) is 12.3. The van der Waals surface area contributed by atoms with Crippen LogP contribution in [0.2, 0.25) is 0 Å². The lowest BCUT2D eigenvalue weighted by Gasteiger charge is -2.22. The molecule has 1 fully saturated rings. The average molecular weight is 278 g/mol. The van der Waals surface area contributed by atoms with E-state index in [-0.39, 0.29) is 11.8 Å². The normalized spacial score (nSPS) is 21.4. The number of hydrogen-bond donors (Lipinski definition) is 2. The van der Waals surface area contributed by atoms with Gasteiger partial charge >= 0.3 is 0 Å². The maximum atomic E-state index is 11.8. The molecular weight excluding hydrogens is 252 g/mol. The minimum Gasteiger partial charge on any atom is -0.380 e. The fraction of sp³-hybridized carbons (Fsp3) is 1.00. The van der Waals surface area contributed by atoms with Crippen LogP contribution in [-0.2, 0) is 14.8 Å². The van der Waals surface area contributed by atoms with Crippen molar-refractivity contribution in [1.29, 1.82) is 0 Å². The lowest BCUT2D eigenvalue weighted by atomic mass is 10.1. The van der Waals surface area contributed by atoms with Crippen LogP contribution in [-0.4, -0.2) is 46.0 Å². The van der Waals surface area contributed by atoms with Crippen molar-refractivity contribution in [2.45, 2.75) is 51.6 Å². The molecule has 0 spiro atoms. The molecule has 1 atom stereocenters. The Labute approximate surface area is 111 Å². The number of sulfonamides is 1. The van der Waals surface area contributed by atoms with Crippen molar-refractivity contribution in [1.82, 2.24) is 10.0 Å². The van der Waals surface area contributed by atoms with Gasteiger partial charge in [-0.25, -0.2) is 13.1 Å². The number of ether oxygens (including phenoxy) is 1. The quantitative estimate of drug-likeness (QED) is 0.646. The molecular formula is C12H26N2O3S. The molecule has 6 heteroatoms. The molecule has 0 saturated carbocycles. The van der Waals surface area contributed by atoms with Crippen molar-refractivity contribution >= 4 is 10.0 Å². The van der Waals surface area contributed by atoms with Crippen molar-refractivity contribution in [3.8, 4) is 0 Å². The number of unbranched alkanes of at least 4 members (excludes halogenated alkanes) is 1.